The Morgan fingerprint density at radius 2 is 1.85 bits per heavy atom. The smallest absolute Gasteiger partial charge is 0.423 e. The predicted molar refractivity (Wildman–Crippen MR) is 162 cm³/mol. The zero-order chi connectivity index (χ0) is 28.9. The first-order chi connectivity index (χ1) is 19.7. The molecule has 2 aliphatic heterocycles. The second-order valence-corrected chi connectivity index (χ2v) is 11.7. The fourth-order valence-electron chi connectivity index (χ4n) is 6.02. The van der Waals surface area contributed by atoms with Crippen LogP contribution in [0.25, 0.3) is 5.52 Å². The van der Waals surface area contributed by atoms with E-state index in [9.17, 15) is 9.82 Å². The number of benzene rings is 2. The van der Waals surface area contributed by atoms with Crippen molar-refractivity contribution in [2.45, 2.75) is 57.8 Å². The number of oxime groups is 1. The van der Waals surface area contributed by atoms with Crippen molar-refractivity contribution in [2.75, 3.05) is 0 Å². The quantitative estimate of drug-likeness (QED) is 0.261. The Morgan fingerprint density at radius 3 is 2.59 bits per heavy atom. The number of nitrogens with one attached hydrogen (secondary N) is 1. The maximum atomic E-state index is 13.3. The summed E-state index contributed by atoms with van der Waals surface area (Å²) in [4.78, 5) is 19.2. The van der Waals surface area contributed by atoms with Gasteiger partial charge in [0.1, 0.15) is 5.69 Å². The van der Waals surface area contributed by atoms with Crippen LogP contribution in [0.5, 0.6) is 0 Å². The molecule has 2 aromatic heterocycles. The van der Waals surface area contributed by atoms with E-state index >= 15 is 0 Å². The summed E-state index contributed by atoms with van der Waals surface area (Å²) >= 11 is 12.5. The molecule has 0 radical (unpaired) electrons. The van der Waals surface area contributed by atoms with Gasteiger partial charge in [0, 0.05) is 40.3 Å². The molecule has 210 valence electrons. The highest BCUT2D eigenvalue weighted by Crippen LogP contribution is 2.39. The van der Waals surface area contributed by atoms with Crippen molar-refractivity contribution in [1.82, 2.24) is 9.72 Å². The van der Waals surface area contributed by atoms with Gasteiger partial charge in [0.05, 0.1) is 16.8 Å². The molecule has 7 nitrogen and oxygen atoms in total. The molecule has 0 bridgehead atoms. The van der Waals surface area contributed by atoms with Gasteiger partial charge in [-0.25, -0.2) is 0 Å². The van der Waals surface area contributed by atoms with Crippen molar-refractivity contribution in [3.63, 3.8) is 0 Å². The molecule has 0 saturated carbocycles. The lowest BCUT2D eigenvalue weighted by molar-refractivity contribution is -0.00737. The maximum absolute atomic E-state index is 13.3. The van der Waals surface area contributed by atoms with E-state index in [4.69, 9.17) is 32.7 Å². The fraction of sp³-hybridized carbons (Fsp3) is 0.290. The van der Waals surface area contributed by atoms with Crippen LogP contribution in [-0.2, 0) is 27.2 Å². The zero-order valence-corrected chi connectivity index (χ0v) is 24.6. The number of carbonyl (C=O) groups is 1. The van der Waals surface area contributed by atoms with E-state index in [0.717, 1.165) is 51.8 Å². The molecule has 10 heteroatoms. The first-order valence-corrected chi connectivity index (χ1v) is 14.5. The van der Waals surface area contributed by atoms with E-state index in [0.29, 0.717) is 28.7 Å². The van der Waals surface area contributed by atoms with Gasteiger partial charge in [-0.05, 0) is 78.8 Å². The second kappa shape index (κ2) is 10.5. The van der Waals surface area contributed by atoms with E-state index in [1.807, 2.05) is 66.1 Å². The molecule has 0 aliphatic carbocycles. The molecule has 2 aliphatic rings. The van der Waals surface area contributed by atoms with Gasteiger partial charge in [-0.2, -0.15) is 0 Å². The third kappa shape index (κ3) is 4.83. The van der Waals surface area contributed by atoms with Crippen LogP contribution >= 0.6 is 23.2 Å². The molecular formula is C31H30BCl2N3O4. The number of hydrogen-bond acceptors (Lipinski definition) is 5. The average molecular weight is 590 g/mol. The first kappa shape index (κ1) is 27.9. The van der Waals surface area contributed by atoms with E-state index in [2.05, 4.69) is 24.3 Å². The Morgan fingerprint density at radius 1 is 1.10 bits per heavy atom. The van der Waals surface area contributed by atoms with Gasteiger partial charge in [0.2, 0.25) is 0 Å². The van der Waals surface area contributed by atoms with Crippen LogP contribution < -0.4 is 10.8 Å². The third-order valence-corrected chi connectivity index (χ3v) is 8.81. The molecule has 1 amide bonds. The van der Waals surface area contributed by atoms with Crippen molar-refractivity contribution in [2.24, 2.45) is 5.16 Å². The van der Waals surface area contributed by atoms with Crippen LogP contribution in [-0.4, -0.2) is 28.2 Å². The molecule has 41 heavy (non-hydrogen) atoms. The maximum Gasteiger partial charge on any atom is 0.492 e. The number of amides is 1. The Bertz CT molecular complexity index is 1680. The normalized spacial score (nSPS) is 19.3. The Labute approximate surface area is 249 Å². The van der Waals surface area contributed by atoms with Gasteiger partial charge in [0.15, 0.2) is 5.60 Å². The molecule has 2 N–H and O–H groups in total. The number of halogens is 2. The molecule has 4 heterocycles. The SMILES string of the molecule is CCC1(CC)OB(O)c2cc(CNC(=O)c3ccc(C4=NOC(C)(c5cc(Cl)cc(Cl)c5)C4)c4cccn34)ccc21. The summed E-state index contributed by atoms with van der Waals surface area (Å²) in [6.45, 7) is 6.40. The number of fused-ring (bicyclic) bond motifs is 2. The summed E-state index contributed by atoms with van der Waals surface area (Å²) in [5.41, 5.74) is 5.34. The van der Waals surface area contributed by atoms with Crippen molar-refractivity contribution in [1.29, 1.82) is 0 Å². The van der Waals surface area contributed by atoms with Gasteiger partial charge < -0.3 is 24.2 Å². The van der Waals surface area contributed by atoms with Crippen molar-refractivity contribution in [3.8, 4) is 0 Å². The van der Waals surface area contributed by atoms with Gasteiger partial charge in [-0.1, -0.05) is 60.4 Å². The van der Waals surface area contributed by atoms with Crippen molar-refractivity contribution in [3.05, 3.63) is 105 Å². The summed E-state index contributed by atoms with van der Waals surface area (Å²) in [6.07, 6.45) is 3.93. The number of nitrogens with zero attached hydrogens (tertiary/aromatic N) is 2. The lowest BCUT2D eigenvalue weighted by Gasteiger charge is -2.28. The van der Waals surface area contributed by atoms with Crippen LogP contribution in [0.3, 0.4) is 0 Å². The van der Waals surface area contributed by atoms with Crippen LogP contribution in [0.1, 0.15) is 72.8 Å². The van der Waals surface area contributed by atoms with Gasteiger partial charge in [0.25, 0.3) is 5.91 Å². The molecule has 4 aromatic rings. The van der Waals surface area contributed by atoms with Crippen molar-refractivity contribution >= 4 is 52.9 Å². The standard InChI is InChI=1S/C31H30BCl2N3O4/c1-4-31(5-2)24-10-8-19(13-25(24)32(39)40-31)18-35-29(38)28-11-9-23(27-7-6-12-37(27)28)26-17-30(3,41-36-26)20-14-21(33)16-22(34)15-20/h6-16,39H,4-5,17-18H2,1-3H3,(H,35,38). The largest absolute Gasteiger partial charge is 0.492 e. The fourth-order valence-corrected chi connectivity index (χ4v) is 6.54. The lowest BCUT2D eigenvalue weighted by Crippen LogP contribution is -2.30. The molecule has 0 saturated heterocycles. The highest BCUT2D eigenvalue weighted by molar-refractivity contribution is 6.62. The molecule has 6 rings (SSSR count). The predicted octanol–water partition coefficient (Wildman–Crippen LogP) is 5.95. The van der Waals surface area contributed by atoms with E-state index in [1.54, 1.807) is 12.1 Å². The Hall–Kier alpha value is -3.30. The monoisotopic (exact) mass is 589 g/mol. The first-order valence-electron chi connectivity index (χ1n) is 13.8. The van der Waals surface area contributed by atoms with Crippen LogP contribution in [0.4, 0.5) is 0 Å². The minimum absolute atomic E-state index is 0.213. The minimum atomic E-state index is -0.965. The summed E-state index contributed by atoms with van der Waals surface area (Å²) < 4.78 is 7.80. The van der Waals surface area contributed by atoms with Crippen LogP contribution in [0.15, 0.2) is 72.0 Å². The number of carbonyl (C=O) groups excluding carboxylic acids is 1. The molecule has 0 fully saturated rings. The molecule has 0 spiro atoms. The number of hydrogen-bond donors (Lipinski definition) is 2. The minimum Gasteiger partial charge on any atom is -0.423 e. The summed E-state index contributed by atoms with van der Waals surface area (Å²) in [7, 11) is -0.965. The Balaban J connectivity index is 1.20. The topological polar surface area (TPSA) is 84.6 Å². The highest BCUT2D eigenvalue weighted by Gasteiger charge is 2.44. The summed E-state index contributed by atoms with van der Waals surface area (Å²) in [5, 5.41) is 19.1. The number of aromatic nitrogens is 1. The molecular weight excluding hydrogens is 560 g/mol. The second-order valence-electron chi connectivity index (χ2n) is 10.9. The number of pyridine rings is 1. The average Bonchev–Trinajstić information content (AvgIpc) is 3.68. The molecule has 1 atom stereocenters. The van der Waals surface area contributed by atoms with E-state index in [-0.39, 0.29) is 5.91 Å². The molecule has 2 aromatic carbocycles. The molecule has 1 unspecified atom stereocenters. The van der Waals surface area contributed by atoms with Crippen molar-refractivity contribution < 1.29 is 19.3 Å². The van der Waals surface area contributed by atoms with E-state index in [1.165, 1.54) is 0 Å². The van der Waals surface area contributed by atoms with Gasteiger partial charge in [-0.15, -0.1) is 0 Å². The van der Waals surface area contributed by atoms with E-state index < -0.39 is 18.3 Å². The van der Waals surface area contributed by atoms with Gasteiger partial charge >= 0.3 is 7.12 Å². The summed E-state index contributed by atoms with van der Waals surface area (Å²) in [5.74, 6) is -0.213. The highest BCUT2D eigenvalue weighted by atomic mass is 35.5. The van der Waals surface area contributed by atoms with Crippen LogP contribution in [0.2, 0.25) is 10.0 Å². The zero-order valence-electron chi connectivity index (χ0n) is 23.1. The summed E-state index contributed by atoms with van der Waals surface area (Å²) in [6, 6.07) is 18.8. The third-order valence-electron chi connectivity index (χ3n) is 8.38. The van der Waals surface area contributed by atoms with Gasteiger partial charge in [-0.3, -0.25) is 4.79 Å². The lowest BCUT2D eigenvalue weighted by atomic mass is 9.76. The number of rotatable bonds is 7. The Kier molecular flexibility index (Phi) is 7.14. The van der Waals surface area contributed by atoms with Crippen LogP contribution in [0, 0.1) is 0 Å².